The van der Waals surface area contributed by atoms with E-state index in [1.54, 1.807) is 6.08 Å². The first-order chi connectivity index (χ1) is 12.9. The Morgan fingerprint density at radius 2 is 1.78 bits per heavy atom. The van der Waals surface area contributed by atoms with E-state index in [-0.39, 0.29) is 5.91 Å². The molecule has 1 aliphatic carbocycles. The average molecular weight is 380 g/mol. The van der Waals surface area contributed by atoms with Gasteiger partial charge in [-0.05, 0) is 32.3 Å². The van der Waals surface area contributed by atoms with Crippen LogP contribution in [0.3, 0.4) is 0 Å². The standard InChI is InChI=1S/C21H20N2O3S/c1-12-7-9-14(10-8-12)18-13(2)27-20(17(18)11-22)23-19(24)15-5-3-4-6-16(15)21(25)26/h3-4,7-10,15-16H,5-6H2,1-2H3,(H,23,24)(H,25,26). The second-order valence-corrected chi connectivity index (χ2v) is 7.92. The van der Waals surface area contributed by atoms with E-state index in [9.17, 15) is 20.0 Å². The van der Waals surface area contributed by atoms with E-state index in [0.29, 0.717) is 23.4 Å². The number of aliphatic carboxylic acids is 1. The SMILES string of the molecule is Cc1ccc(-c2c(C)sc(NC(=O)C3CC=CCC3C(=O)O)c2C#N)cc1. The lowest BCUT2D eigenvalue weighted by atomic mass is 9.82. The van der Waals surface area contributed by atoms with Crippen molar-refractivity contribution in [3.63, 3.8) is 0 Å². The Bertz CT molecular complexity index is 951. The number of carboxylic acids is 1. The highest BCUT2D eigenvalue weighted by Gasteiger charge is 2.34. The van der Waals surface area contributed by atoms with Crippen LogP contribution in [0.25, 0.3) is 11.1 Å². The van der Waals surface area contributed by atoms with Gasteiger partial charge in [0.05, 0.1) is 17.4 Å². The molecule has 0 aliphatic heterocycles. The van der Waals surface area contributed by atoms with Gasteiger partial charge < -0.3 is 10.4 Å². The fourth-order valence-corrected chi connectivity index (χ4v) is 4.42. The summed E-state index contributed by atoms with van der Waals surface area (Å²) >= 11 is 1.35. The van der Waals surface area contributed by atoms with Gasteiger partial charge in [0, 0.05) is 10.4 Å². The highest BCUT2D eigenvalue weighted by Crippen LogP contribution is 2.40. The van der Waals surface area contributed by atoms with Gasteiger partial charge in [0.2, 0.25) is 5.91 Å². The number of allylic oxidation sites excluding steroid dienone is 2. The molecule has 0 saturated heterocycles. The van der Waals surface area contributed by atoms with E-state index >= 15 is 0 Å². The highest BCUT2D eigenvalue weighted by molar-refractivity contribution is 7.17. The van der Waals surface area contributed by atoms with E-state index in [0.717, 1.165) is 21.6 Å². The van der Waals surface area contributed by atoms with Crippen LogP contribution < -0.4 is 5.32 Å². The van der Waals surface area contributed by atoms with Crippen LogP contribution in [0.5, 0.6) is 0 Å². The molecule has 1 aromatic heterocycles. The number of amides is 1. The number of carbonyl (C=O) groups excluding carboxylic acids is 1. The fourth-order valence-electron chi connectivity index (χ4n) is 3.39. The van der Waals surface area contributed by atoms with E-state index in [1.165, 1.54) is 11.3 Å². The quantitative estimate of drug-likeness (QED) is 0.764. The summed E-state index contributed by atoms with van der Waals surface area (Å²) in [5.74, 6) is -2.69. The van der Waals surface area contributed by atoms with Crippen LogP contribution in [0.2, 0.25) is 0 Å². The second kappa shape index (κ2) is 7.77. The van der Waals surface area contributed by atoms with E-state index in [2.05, 4.69) is 11.4 Å². The second-order valence-electron chi connectivity index (χ2n) is 6.70. The number of nitrogens with one attached hydrogen (secondary N) is 1. The zero-order valence-corrected chi connectivity index (χ0v) is 16.0. The summed E-state index contributed by atoms with van der Waals surface area (Å²) in [4.78, 5) is 25.1. The molecule has 1 aliphatic rings. The number of anilines is 1. The Balaban J connectivity index is 1.92. The van der Waals surface area contributed by atoms with Crippen molar-refractivity contribution in [1.82, 2.24) is 0 Å². The van der Waals surface area contributed by atoms with Gasteiger partial charge >= 0.3 is 5.97 Å². The topological polar surface area (TPSA) is 90.2 Å². The number of hydrogen-bond acceptors (Lipinski definition) is 4. The maximum Gasteiger partial charge on any atom is 0.307 e. The molecule has 2 N–H and O–H groups in total. The smallest absolute Gasteiger partial charge is 0.307 e. The molecule has 1 amide bonds. The van der Waals surface area contributed by atoms with Gasteiger partial charge in [-0.1, -0.05) is 42.0 Å². The molecule has 1 heterocycles. The number of nitrogens with zero attached hydrogens (tertiary/aromatic N) is 1. The third kappa shape index (κ3) is 3.79. The summed E-state index contributed by atoms with van der Waals surface area (Å²) in [5.41, 5.74) is 3.29. The highest BCUT2D eigenvalue weighted by atomic mass is 32.1. The molecule has 0 spiro atoms. The first kappa shape index (κ1) is 18.9. The van der Waals surface area contributed by atoms with Crippen molar-refractivity contribution in [2.75, 3.05) is 5.32 Å². The van der Waals surface area contributed by atoms with Crippen LogP contribution in [0.15, 0.2) is 36.4 Å². The van der Waals surface area contributed by atoms with Gasteiger partial charge in [-0.15, -0.1) is 11.3 Å². The Hall–Kier alpha value is -2.91. The number of benzene rings is 1. The molecule has 2 aromatic rings. The minimum absolute atomic E-state index is 0.344. The molecule has 3 rings (SSSR count). The summed E-state index contributed by atoms with van der Waals surface area (Å²) in [6.07, 6.45) is 4.37. The number of hydrogen-bond donors (Lipinski definition) is 2. The minimum Gasteiger partial charge on any atom is -0.481 e. The predicted octanol–water partition coefficient (Wildman–Crippen LogP) is 4.51. The van der Waals surface area contributed by atoms with Gasteiger partial charge in [0.25, 0.3) is 0 Å². The maximum absolute atomic E-state index is 12.7. The van der Waals surface area contributed by atoms with Gasteiger partial charge in [-0.2, -0.15) is 5.26 Å². The first-order valence-electron chi connectivity index (χ1n) is 8.71. The van der Waals surface area contributed by atoms with E-state index in [4.69, 9.17) is 0 Å². The summed E-state index contributed by atoms with van der Waals surface area (Å²) in [5, 5.41) is 22.4. The number of rotatable bonds is 4. The minimum atomic E-state index is -0.970. The molecule has 2 atom stereocenters. The number of nitriles is 1. The lowest BCUT2D eigenvalue weighted by Crippen LogP contribution is -2.34. The molecule has 0 bridgehead atoms. The van der Waals surface area contributed by atoms with Crippen LogP contribution in [0, 0.1) is 37.0 Å². The molecule has 2 unspecified atom stereocenters. The van der Waals surface area contributed by atoms with Crippen LogP contribution in [-0.4, -0.2) is 17.0 Å². The van der Waals surface area contributed by atoms with Crippen molar-refractivity contribution in [1.29, 1.82) is 5.26 Å². The molecule has 0 fully saturated rings. The summed E-state index contributed by atoms with van der Waals surface area (Å²) in [6.45, 7) is 3.92. The normalized spacial score (nSPS) is 18.7. The summed E-state index contributed by atoms with van der Waals surface area (Å²) in [7, 11) is 0. The first-order valence-corrected chi connectivity index (χ1v) is 9.53. The van der Waals surface area contributed by atoms with Gasteiger partial charge in [0.15, 0.2) is 0 Å². The van der Waals surface area contributed by atoms with Crippen molar-refractivity contribution < 1.29 is 14.7 Å². The Morgan fingerprint density at radius 1 is 1.15 bits per heavy atom. The molecular weight excluding hydrogens is 360 g/mol. The zero-order valence-electron chi connectivity index (χ0n) is 15.2. The number of thiophene rings is 1. The van der Waals surface area contributed by atoms with Gasteiger partial charge in [-0.25, -0.2) is 0 Å². The Morgan fingerprint density at radius 3 is 2.37 bits per heavy atom. The van der Waals surface area contributed by atoms with Crippen LogP contribution in [0.1, 0.15) is 28.8 Å². The van der Waals surface area contributed by atoms with Crippen molar-refractivity contribution in [2.45, 2.75) is 26.7 Å². The molecule has 1 aromatic carbocycles. The number of carbonyl (C=O) groups is 2. The Kier molecular flexibility index (Phi) is 5.43. The molecule has 0 saturated carbocycles. The Labute approximate surface area is 162 Å². The molecule has 27 heavy (non-hydrogen) atoms. The largest absolute Gasteiger partial charge is 0.481 e. The summed E-state index contributed by atoms with van der Waals surface area (Å²) in [6, 6.07) is 10.1. The van der Waals surface area contributed by atoms with Crippen molar-refractivity contribution in [3.8, 4) is 17.2 Å². The fraction of sp³-hybridized carbons (Fsp3) is 0.286. The van der Waals surface area contributed by atoms with Gasteiger partial charge in [-0.3, -0.25) is 9.59 Å². The number of aryl methyl sites for hydroxylation is 2. The lowest BCUT2D eigenvalue weighted by Gasteiger charge is -2.23. The molecule has 138 valence electrons. The number of carboxylic acid groups (broad SMARTS) is 1. The van der Waals surface area contributed by atoms with Crippen molar-refractivity contribution in [2.24, 2.45) is 11.8 Å². The maximum atomic E-state index is 12.7. The molecule has 6 heteroatoms. The molecule has 0 radical (unpaired) electrons. The van der Waals surface area contributed by atoms with E-state index in [1.807, 2.05) is 44.2 Å². The average Bonchev–Trinajstić information content (AvgIpc) is 2.97. The van der Waals surface area contributed by atoms with Crippen LogP contribution in [0.4, 0.5) is 5.00 Å². The third-order valence-electron chi connectivity index (χ3n) is 4.86. The van der Waals surface area contributed by atoms with Crippen LogP contribution in [-0.2, 0) is 9.59 Å². The molecule has 5 nitrogen and oxygen atoms in total. The lowest BCUT2D eigenvalue weighted by molar-refractivity contribution is -0.146. The van der Waals surface area contributed by atoms with Crippen molar-refractivity contribution in [3.05, 3.63) is 52.4 Å². The van der Waals surface area contributed by atoms with Gasteiger partial charge in [0.1, 0.15) is 11.1 Å². The predicted molar refractivity (Wildman–Crippen MR) is 106 cm³/mol. The zero-order chi connectivity index (χ0) is 19.6. The monoisotopic (exact) mass is 380 g/mol. The van der Waals surface area contributed by atoms with E-state index < -0.39 is 17.8 Å². The molecular formula is C21H20N2O3S. The summed E-state index contributed by atoms with van der Waals surface area (Å²) < 4.78 is 0. The van der Waals surface area contributed by atoms with Crippen LogP contribution >= 0.6 is 11.3 Å². The van der Waals surface area contributed by atoms with Crippen molar-refractivity contribution >= 4 is 28.2 Å². The third-order valence-corrected chi connectivity index (χ3v) is 5.88.